The fourth-order valence-corrected chi connectivity index (χ4v) is 5.06. The quantitative estimate of drug-likeness (QED) is 0.747. The monoisotopic (exact) mass is 373 g/mol. The summed E-state index contributed by atoms with van der Waals surface area (Å²) in [4.78, 5) is 17.4. The Bertz CT molecular complexity index is 863. The van der Waals surface area contributed by atoms with Crippen molar-refractivity contribution in [2.24, 2.45) is 0 Å². The van der Waals surface area contributed by atoms with Gasteiger partial charge in [0, 0.05) is 30.2 Å². The first-order valence-electron chi connectivity index (χ1n) is 8.75. The lowest BCUT2D eigenvalue weighted by Crippen LogP contribution is -2.43. The number of hydrogen-bond donors (Lipinski definition) is 1. The van der Waals surface area contributed by atoms with E-state index in [2.05, 4.69) is 50.9 Å². The highest BCUT2D eigenvalue weighted by molar-refractivity contribution is 7.16. The highest BCUT2D eigenvalue weighted by atomic mass is 32.1. The molecule has 1 aliphatic rings. The molecule has 3 aromatic heterocycles. The number of nitrogens with one attached hydrogen (secondary N) is 1. The number of piperidine rings is 1. The minimum Gasteiger partial charge on any atom is -0.356 e. The van der Waals surface area contributed by atoms with Crippen LogP contribution in [0.5, 0.6) is 0 Å². The number of fused-ring (bicyclic) bond motifs is 1. The molecule has 0 spiro atoms. The van der Waals surface area contributed by atoms with Gasteiger partial charge in [-0.15, -0.1) is 22.7 Å². The zero-order chi connectivity index (χ0) is 17.4. The van der Waals surface area contributed by atoms with Gasteiger partial charge in [0.05, 0.1) is 11.4 Å². The van der Waals surface area contributed by atoms with Crippen molar-refractivity contribution in [2.45, 2.75) is 45.7 Å². The van der Waals surface area contributed by atoms with Crippen molar-refractivity contribution in [1.29, 1.82) is 0 Å². The molecule has 0 amide bonds. The van der Waals surface area contributed by atoms with Gasteiger partial charge < -0.3 is 10.2 Å². The molecule has 0 bridgehead atoms. The van der Waals surface area contributed by atoms with Gasteiger partial charge >= 0.3 is 0 Å². The zero-order valence-electron chi connectivity index (χ0n) is 14.8. The predicted octanol–water partition coefficient (Wildman–Crippen LogP) is 4.08. The molecule has 0 saturated carbocycles. The van der Waals surface area contributed by atoms with Crippen LogP contribution in [0.4, 0.5) is 5.82 Å². The topological polar surface area (TPSA) is 53.9 Å². The van der Waals surface area contributed by atoms with Gasteiger partial charge in [-0.2, -0.15) is 0 Å². The normalized spacial score (nSPS) is 17.3. The summed E-state index contributed by atoms with van der Waals surface area (Å²) in [5.41, 5.74) is 1.11. The fraction of sp³-hybridized carbons (Fsp3) is 0.500. The van der Waals surface area contributed by atoms with Crippen LogP contribution >= 0.6 is 22.7 Å². The molecule has 3 aromatic rings. The van der Waals surface area contributed by atoms with Crippen LogP contribution in [0.3, 0.4) is 0 Å². The third kappa shape index (κ3) is 3.54. The third-order valence-corrected chi connectivity index (χ3v) is 6.66. The van der Waals surface area contributed by atoms with E-state index in [4.69, 9.17) is 4.98 Å². The Kier molecular flexibility index (Phi) is 4.71. The summed E-state index contributed by atoms with van der Waals surface area (Å²) < 4.78 is 0. The second kappa shape index (κ2) is 6.97. The molecule has 1 saturated heterocycles. The standard InChI is InChI=1S/C18H23N5S2/c1-11-10-25-17(19-11)12(2)20-14-4-7-23(8-5-14)16-15-6-9-24-18(15)22-13(3)21-16/h6,9-10,12,14,20H,4-5,7-8H2,1-3H3. The van der Waals surface area contributed by atoms with Crippen LogP contribution in [0.1, 0.15) is 42.3 Å². The third-order valence-electron chi connectivity index (χ3n) is 4.70. The summed E-state index contributed by atoms with van der Waals surface area (Å²) in [7, 11) is 0. The van der Waals surface area contributed by atoms with Gasteiger partial charge in [-0.25, -0.2) is 15.0 Å². The average Bonchev–Trinajstić information content (AvgIpc) is 3.23. The van der Waals surface area contributed by atoms with Crippen molar-refractivity contribution in [3.8, 4) is 0 Å². The van der Waals surface area contributed by atoms with Crippen molar-refractivity contribution in [1.82, 2.24) is 20.3 Å². The van der Waals surface area contributed by atoms with Crippen molar-refractivity contribution >= 4 is 38.7 Å². The minimum atomic E-state index is 0.320. The summed E-state index contributed by atoms with van der Waals surface area (Å²) >= 11 is 3.44. The molecule has 0 aromatic carbocycles. The van der Waals surface area contributed by atoms with E-state index in [9.17, 15) is 0 Å². The number of aryl methyl sites for hydroxylation is 2. The molecular formula is C18H23N5S2. The van der Waals surface area contributed by atoms with Crippen LogP contribution in [0.25, 0.3) is 10.2 Å². The van der Waals surface area contributed by atoms with Crippen molar-refractivity contribution in [3.05, 3.63) is 33.4 Å². The molecule has 132 valence electrons. The van der Waals surface area contributed by atoms with Gasteiger partial charge in [0.2, 0.25) is 0 Å². The van der Waals surface area contributed by atoms with Gasteiger partial charge in [-0.1, -0.05) is 0 Å². The molecule has 25 heavy (non-hydrogen) atoms. The Morgan fingerprint density at radius 2 is 1.96 bits per heavy atom. The fourth-order valence-electron chi connectivity index (χ4n) is 3.44. The maximum atomic E-state index is 4.73. The van der Waals surface area contributed by atoms with Gasteiger partial charge in [0.25, 0.3) is 0 Å². The van der Waals surface area contributed by atoms with Crippen LogP contribution in [0.15, 0.2) is 16.8 Å². The summed E-state index contributed by atoms with van der Waals surface area (Å²) in [5, 5.41) is 10.4. The Morgan fingerprint density at radius 3 is 2.68 bits per heavy atom. The first kappa shape index (κ1) is 16.9. The van der Waals surface area contributed by atoms with Gasteiger partial charge in [-0.3, -0.25) is 0 Å². The van der Waals surface area contributed by atoms with Gasteiger partial charge in [0.1, 0.15) is 21.5 Å². The van der Waals surface area contributed by atoms with Crippen LogP contribution in [0, 0.1) is 13.8 Å². The summed E-state index contributed by atoms with van der Waals surface area (Å²) in [6.45, 7) is 8.31. The Balaban J connectivity index is 1.42. The lowest BCUT2D eigenvalue weighted by molar-refractivity contribution is 0.379. The zero-order valence-corrected chi connectivity index (χ0v) is 16.5. The average molecular weight is 374 g/mol. The highest BCUT2D eigenvalue weighted by Crippen LogP contribution is 2.30. The first-order valence-corrected chi connectivity index (χ1v) is 10.5. The minimum absolute atomic E-state index is 0.320. The van der Waals surface area contributed by atoms with Crippen LogP contribution in [-0.4, -0.2) is 34.1 Å². The van der Waals surface area contributed by atoms with Crippen molar-refractivity contribution in [2.75, 3.05) is 18.0 Å². The molecular weight excluding hydrogens is 350 g/mol. The largest absolute Gasteiger partial charge is 0.356 e. The van der Waals surface area contributed by atoms with Gasteiger partial charge in [0.15, 0.2) is 0 Å². The van der Waals surface area contributed by atoms with Gasteiger partial charge in [-0.05, 0) is 45.1 Å². The van der Waals surface area contributed by atoms with E-state index in [1.54, 1.807) is 22.7 Å². The smallest absolute Gasteiger partial charge is 0.141 e. The van der Waals surface area contributed by atoms with E-state index in [0.717, 1.165) is 48.1 Å². The SMILES string of the molecule is Cc1csc(C(C)NC2CCN(c3nc(C)nc4sccc34)CC2)n1. The first-order chi connectivity index (χ1) is 12.1. The van der Waals surface area contributed by atoms with Crippen molar-refractivity contribution < 1.29 is 0 Å². The van der Waals surface area contributed by atoms with Crippen molar-refractivity contribution in [3.63, 3.8) is 0 Å². The summed E-state index contributed by atoms with van der Waals surface area (Å²) in [6, 6.07) is 3.00. The summed E-state index contributed by atoms with van der Waals surface area (Å²) in [6.07, 6.45) is 2.26. The lowest BCUT2D eigenvalue weighted by Gasteiger charge is -2.34. The van der Waals surface area contributed by atoms with E-state index in [-0.39, 0.29) is 0 Å². The van der Waals surface area contributed by atoms with Crippen LogP contribution in [-0.2, 0) is 0 Å². The highest BCUT2D eigenvalue weighted by Gasteiger charge is 2.24. The van der Waals surface area contributed by atoms with Crippen LogP contribution < -0.4 is 10.2 Å². The van der Waals surface area contributed by atoms with E-state index < -0.39 is 0 Å². The predicted molar refractivity (Wildman–Crippen MR) is 106 cm³/mol. The number of nitrogens with zero attached hydrogens (tertiary/aromatic N) is 4. The lowest BCUT2D eigenvalue weighted by atomic mass is 10.0. The van der Waals surface area contributed by atoms with Crippen LogP contribution in [0.2, 0.25) is 0 Å². The van der Waals surface area contributed by atoms with E-state index in [0.29, 0.717) is 12.1 Å². The Morgan fingerprint density at radius 1 is 1.16 bits per heavy atom. The molecule has 1 atom stereocenters. The summed E-state index contributed by atoms with van der Waals surface area (Å²) in [5.74, 6) is 1.96. The molecule has 0 aliphatic carbocycles. The second-order valence-electron chi connectivity index (χ2n) is 6.71. The molecule has 1 aliphatic heterocycles. The molecule has 5 nitrogen and oxygen atoms in total. The molecule has 1 N–H and O–H groups in total. The molecule has 1 unspecified atom stereocenters. The molecule has 1 fully saturated rings. The number of thiophene rings is 1. The Hall–Kier alpha value is -1.57. The number of aromatic nitrogens is 3. The van der Waals surface area contributed by atoms with E-state index >= 15 is 0 Å². The number of anilines is 1. The molecule has 4 rings (SSSR count). The van der Waals surface area contributed by atoms with E-state index in [1.807, 2.05) is 6.92 Å². The number of hydrogen-bond acceptors (Lipinski definition) is 7. The number of rotatable bonds is 4. The van der Waals surface area contributed by atoms with E-state index in [1.165, 1.54) is 10.4 Å². The second-order valence-corrected chi connectivity index (χ2v) is 8.49. The number of thiazole rings is 1. The maximum Gasteiger partial charge on any atom is 0.141 e. The Labute approximate surface area is 156 Å². The molecule has 4 heterocycles. The molecule has 7 heteroatoms. The molecule has 0 radical (unpaired) electrons. The maximum absolute atomic E-state index is 4.73.